The number of pyridine rings is 1. The molecule has 2 rings (SSSR count). The van der Waals surface area contributed by atoms with Gasteiger partial charge in [-0.25, -0.2) is 4.39 Å². The van der Waals surface area contributed by atoms with Crippen LogP contribution in [-0.4, -0.2) is 11.6 Å². The van der Waals surface area contributed by atoms with Gasteiger partial charge in [0, 0.05) is 11.6 Å². The van der Waals surface area contributed by atoms with Crippen LogP contribution >= 0.6 is 0 Å². The van der Waals surface area contributed by atoms with Crippen LogP contribution in [-0.2, 0) is 6.61 Å². The second-order valence-corrected chi connectivity index (χ2v) is 4.27. The summed E-state index contributed by atoms with van der Waals surface area (Å²) in [6.07, 6.45) is 0.863. The van der Waals surface area contributed by atoms with E-state index in [9.17, 15) is 4.39 Å². The predicted octanol–water partition coefficient (Wildman–Crippen LogP) is 3.17. The van der Waals surface area contributed by atoms with Gasteiger partial charge in [-0.1, -0.05) is 25.1 Å². The van der Waals surface area contributed by atoms with Crippen molar-refractivity contribution in [1.82, 2.24) is 4.98 Å². The molecule has 5 heteroatoms. The average molecular weight is 276 g/mol. The Morgan fingerprint density at radius 3 is 2.70 bits per heavy atom. The first-order chi connectivity index (χ1) is 9.70. The number of ether oxygens (including phenoxy) is 2. The minimum Gasteiger partial charge on any atom is -0.476 e. The summed E-state index contributed by atoms with van der Waals surface area (Å²) in [5.41, 5.74) is 6.69. The molecule has 0 radical (unpaired) electrons. The van der Waals surface area contributed by atoms with Crippen molar-refractivity contribution < 1.29 is 13.9 Å². The highest BCUT2D eigenvalue weighted by molar-refractivity contribution is 5.49. The Kier molecular flexibility index (Phi) is 4.76. The van der Waals surface area contributed by atoms with Gasteiger partial charge in [0.15, 0.2) is 0 Å². The van der Waals surface area contributed by atoms with E-state index in [2.05, 4.69) is 4.98 Å². The van der Waals surface area contributed by atoms with Crippen molar-refractivity contribution >= 4 is 5.69 Å². The van der Waals surface area contributed by atoms with E-state index in [1.165, 1.54) is 6.07 Å². The summed E-state index contributed by atoms with van der Waals surface area (Å²) in [6.45, 7) is 2.64. The quantitative estimate of drug-likeness (QED) is 0.880. The molecule has 0 fully saturated rings. The van der Waals surface area contributed by atoms with Gasteiger partial charge in [-0.05, 0) is 18.6 Å². The van der Waals surface area contributed by atoms with Crippen molar-refractivity contribution in [2.75, 3.05) is 12.3 Å². The number of nitrogen functional groups attached to an aromatic ring is 1. The molecule has 1 aromatic heterocycles. The van der Waals surface area contributed by atoms with Crippen LogP contribution in [0.2, 0.25) is 0 Å². The summed E-state index contributed by atoms with van der Waals surface area (Å²) in [4.78, 5) is 4.16. The fraction of sp³-hybridized carbons (Fsp3) is 0.267. The van der Waals surface area contributed by atoms with Crippen molar-refractivity contribution in [2.24, 2.45) is 0 Å². The average Bonchev–Trinajstić information content (AvgIpc) is 2.46. The SMILES string of the molecule is CCCOc1nc(OCc2ccccc2F)ccc1N. The number of hydrogen-bond acceptors (Lipinski definition) is 4. The Balaban J connectivity index is 2.04. The summed E-state index contributed by atoms with van der Waals surface area (Å²) >= 11 is 0. The molecule has 0 spiro atoms. The van der Waals surface area contributed by atoms with Gasteiger partial charge in [-0.15, -0.1) is 0 Å². The first kappa shape index (κ1) is 14.1. The summed E-state index contributed by atoms with van der Waals surface area (Å²) in [6, 6.07) is 9.75. The van der Waals surface area contributed by atoms with Gasteiger partial charge in [-0.2, -0.15) is 4.98 Å². The molecule has 1 aromatic carbocycles. The van der Waals surface area contributed by atoms with Crippen molar-refractivity contribution in [3.63, 3.8) is 0 Å². The number of hydrogen-bond donors (Lipinski definition) is 1. The topological polar surface area (TPSA) is 57.4 Å². The monoisotopic (exact) mass is 276 g/mol. The van der Waals surface area contributed by atoms with E-state index in [0.717, 1.165) is 6.42 Å². The fourth-order valence-electron chi connectivity index (χ4n) is 1.60. The van der Waals surface area contributed by atoms with E-state index >= 15 is 0 Å². The molecule has 0 bridgehead atoms. The Morgan fingerprint density at radius 2 is 1.95 bits per heavy atom. The summed E-state index contributed by atoms with van der Waals surface area (Å²) < 4.78 is 24.3. The first-order valence-electron chi connectivity index (χ1n) is 6.46. The Bertz CT molecular complexity index is 576. The van der Waals surface area contributed by atoms with Gasteiger partial charge in [-0.3, -0.25) is 0 Å². The minimum atomic E-state index is -0.301. The molecule has 4 nitrogen and oxygen atoms in total. The van der Waals surface area contributed by atoms with Crippen molar-refractivity contribution in [3.05, 3.63) is 47.8 Å². The molecular formula is C15H17FN2O2. The molecule has 0 aliphatic carbocycles. The second-order valence-electron chi connectivity index (χ2n) is 4.27. The maximum Gasteiger partial charge on any atom is 0.240 e. The van der Waals surface area contributed by atoms with E-state index < -0.39 is 0 Å². The number of halogens is 1. The molecule has 0 aliphatic rings. The van der Waals surface area contributed by atoms with E-state index in [0.29, 0.717) is 29.6 Å². The second kappa shape index (κ2) is 6.75. The number of rotatable bonds is 6. The lowest BCUT2D eigenvalue weighted by Gasteiger charge is -2.10. The largest absolute Gasteiger partial charge is 0.476 e. The Labute approximate surface area is 117 Å². The van der Waals surface area contributed by atoms with Crippen LogP contribution in [0, 0.1) is 5.82 Å². The molecule has 2 aromatic rings. The molecule has 106 valence electrons. The van der Waals surface area contributed by atoms with Gasteiger partial charge in [0.1, 0.15) is 12.4 Å². The van der Waals surface area contributed by atoms with Crippen LogP contribution in [0.1, 0.15) is 18.9 Å². The zero-order valence-corrected chi connectivity index (χ0v) is 11.3. The Hall–Kier alpha value is -2.30. The van der Waals surface area contributed by atoms with Gasteiger partial charge >= 0.3 is 0 Å². The van der Waals surface area contributed by atoms with E-state index in [4.69, 9.17) is 15.2 Å². The number of anilines is 1. The molecule has 20 heavy (non-hydrogen) atoms. The van der Waals surface area contributed by atoms with Crippen molar-refractivity contribution in [3.8, 4) is 11.8 Å². The lowest BCUT2D eigenvalue weighted by atomic mass is 10.2. The lowest BCUT2D eigenvalue weighted by Crippen LogP contribution is -2.04. The van der Waals surface area contributed by atoms with Crippen LogP contribution < -0.4 is 15.2 Å². The van der Waals surface area contributed by atoms with E-state index in [1.54, 1.807) is 30.3 Å². The molecule has 0 saturated carbocycles. The molecule has 2 N–H and O–H groups in total. The van der Waals surface area contributed by atoms with Gasteiger partial charge in [0.2, 0.25) is 11.8 Å². The van der Waals surface area contributed by atoms with Crippen molar-refractivity contribution in [2.45, 2.75) is 20.0 Å². The highest BCUT2D eigenvalue weighted by Crippen LogP contribution is 2.23. The van der Waals surface area contributed by atoms with E-state index in [1.807, 2.05) is 6.92 Å². The molecule has 0 amide bonds. The third kappa shape index (κ3) is 3.60. The smallest absolute Gasteiger partial charge is 0.240 e. The standard InChI is InChI=1S/C15H17FN2O2/c1-2-9-19-15-13(17)7-8-14(18-15)20-10-11-5-3-4-6-12(11)16/h3-8H,2,9-10,17H2,1H3. The number of nitrogens with two attached hydrogens (primary N) is 1. The van der Waals surface area contributed by atoms with Crippen molar-refractivity contribution in [1.29, 1.82) is 0 Å². The maximum absolute atomic E-state index is 13.5. The molecule has 0 saturated heterocycles. The number of benzene rings is 1. The van der Waals surface area contributed by atoms with Crippen LogP contribution in [0.4, 0.5) is 10.1 Å². The summed E-state index contributed by atoms with van der Waals surface area (Å²) in [5.74, 6) is 0.400. The maximum atomic E-state index is 13.5. The van der Waals surface area contributed by atoms with Gasteiger partial charge in [0.25, 0.3) is 0 Å². The fourth-order valence-corrected chi connectivity index (χ4v) is 1.60. The lowest BCUT2D eigenvalue weighted by molar-refractivity contribution is 0.271. The predicted molar refractivity (Wildman–Crippen MR) is 75.2 cm³/mol. The summed E-state index contributed by atoms with van der Waals surface area (Å²) in [5, 5.41) is 0. The van der Waals surface area contributed by atoms with Crippen LogP contribution in [0.5, 0.6) is 11.8 Å². The van der Waals surface area contributed by atoms with Gasteiger partial charge < -0.3 is 15.2 Å². The van der Waals surface area contributed by atoms with Crippen LogP contribution in [0.25, 0.3) is 0 Å². The number of nitrogens with zero attached hydrogens (tertiary/aromatic N) is 1. The van der Waals surface area contributed by atoms with E-state index in [-0.39, 0.29) is 12.4 Å². The summed E-state index contributed by atoms with van der Waals surface area (Å²) in [7, 11) is 0. The third-order valence-corrected chi connectivity index (χ3v) is 2.64. The van der Waals surface area contributed by atoms with Gasteiger partial charge in [0.05, 0.1) is 12.3 Å². The molecular weight excluding hydrogens is 259 g/mol. The Morgan fingerprint density at radius 1 is 1.15 bits per heavy atom. The third-order valence-electron chi connectivity index (χ3n) is 2.64. The normalized spacial score (nSPS) is 10.3. The minimum absolute atomic E-state index is 0.108. The highest BCUT2D eigenvalue weighted by Gasteiger charge is 2.07. The van der Waals surface area contributed by atoms with Crippen LogP contribution in [0.15, 0.2) is 36.4 Å². The molecule has 0 atom stereocenters. The molecule has 0 unspecified atom stereocenters. The highest BCUT2D eigenvalue weighted by atomic mass is 19.1. The zero-order valence-electron chi connectivity index (χ0n) is 11.3. The number of aromatic nitrogens is 1. The van der Waals surface area contributed by atoms with Crippen LogP contribution in [0.3, 0.4) is 0 Å². The molecule has 0 aliphatic heterocycles. The molecule has 1 heterocycles. The zero-order chi connectivity index (χ0) is 14.4. The first-order valence-corrected chi connectivity index (χ1v) is 6.46.